The van der Waals surface area contributed by atoms with Gasteiger partial charge in [0, 0.05) is 37.9 Å². The summed E-state index contributed by atoms with van der Waals surface area (Å²) in [6.07, 6.45) is 8.76. The predicted molar refractivity (Wildman–Crippen MR) is 127 cm³/mol. The van der Waals surface area contributed by atoms with Gasteiger partial charge in [0.1, 0.15) is 11.5 Å². The molecule has 0 spiro atoms. The molecular formula is C22H25N7O4S. The molecule has 0 aromatic carbocycles. The number of amides is 4. The number of methoxy groups -OCH3 is 1. The van der Waals surface area contributed by atoms with Gasteiger partial charge in [-0.1, -0.05) is 6.08 Å². The van der Waals surface area contributed by atoms with Gasteiger partial charge in [-0.15, -0.1) is 11.8 Å². The first-order valence-corrected chi connectivity index (χ1v) is 12.0. The van der Waals surface area contributed by atoms with Crippen molar-refractivity contribution in [2.45, 2.75) is 37.0 Å². The number of urea groups is 1. The number of nitrogens with zero attached hydrogens (tertiary/aromatic N) is 3. The number of thioether (sulfide) groups is 1. The molecule has 4 amide bonds. The smallest absolute Gasteiger partial charge is 0.326 e. The Morgan fingerprint density at radius 2 is 2.21 bits per heavy atom. The highest BCUT2D eigenvalue weighted by molar-refractivity contribution is 8.04. The Hall–Kier alpha value is -3.38. The van der Waals surface area contributed by atoms with Crippen LogP contribution in [0.15, 0.2) is 28.9 Å². The quantitative estimate of drug-likeness (QED) is 0.240. The van der Waals surface area contributed by atoms with Crippen molar-refractivity contribution in [1.82, 2.24) is 30.5 Å². The van der Waals surface area contributed by atoms with Crippen LogP contribution >= 0.6 is 11.8 Å². The summed E-state index contributed by atoms with van der Waals surface area (Å²) in [7, 11) is 1.64. The summed E-state index contributed by atoms with van der Waals surface area (Å²) in [6, 6.07) is 1.82. The summed E-state index contributed by atoms with van der Waals surface area (Å²) in [5, 5.41) is 15.5. The number of aromatic nitrogens is 3. The zero-order valence-corrected chi connectivity index (χ0v) is 19.4. The average Bonchev–Trinajstić information content (AvgIpc) is 3.19. The van der Waals surface area contributed by atoms with Gasteiger partial charge in [-0.25, -0.2) is 9.78 Å². The zero-order valence-electron chi connectivity index (χ0n) is 18.6. The van der Waals surface area contributed by atoms with Crippen molar-refractivity contribution in [3.63, 3.8) is 0 Å². The highest BCUT2D eigenvalue weighted by Crippen LogP contribution is 2.44. The molecule has 2 fully saturated rings. The molecule has 2 aliphatic heterocycles. The van der Waals surface area contributed by atoms with Crippen molar-refractivity contribution in [2.24, 2.45) is 0 Å². The topological polar surface area (TPSA) is 139 Å². The molecule has 1 saturated heterocycles. The molecule has 2 aromatic heterocycles. The van der Waals surface area contributed by atoms with E-state index in [0.717, 1.165) is 30.8 Å². The zero-order chi connectivity index (χ0) is 23.7. The summed E-state index contributed by atoms with van der Waals surface area (Å²) in [5.41, 5.74) is 2.15. The second kappa shape index (κ2) is 9.47. The summed E-state index contributed by atoms with van der Waals surface area (Å²) >= 11 is 1.49. The fourth-order valence-corrected chi connectivity index (χ4v) is 4.85. The summed E-state index contributed by atoms with van der Waals surface area (Å²) in [4.78, 5) is 41.5. The minimum absolute atomic E-state index is 0.0191. The lowest BCUT2D eigenvalue weighted by Gasteiger charge is -2.14. The standard InChI is InChI=1S/C22H25N7O4S/c1-33-8-2-7-23-21(31)17-6-5-16(34-17)14-10-18(25-13-3-4-13)29-19(26-14)12(11-24-29)9-15-20(30)28-22(32)27-15/h6,9-11,13,16,25H,2-5,7-8H2,1H3,(H,23,31)(H2,27,28,30,32)/b15-9-. The molecule has 178 valence electrons. The minimum atomic E-state index is -0.557. The van der Waals surface area contributed by atoms with Crippen molar-refractivity contribution < 1.29 is 19.1 Å². The monoisotopic (exact) mass is 483 g/mol. The van der Waals surface area contributed by atoms with Gasteiger partial charge in [0.2, 0.25) is 0 Å². The van der Waals surface area contributed by atoms with E-state index in [1.54, 1.807) is 23.9 Å². The maximum atomic E-state index is 12.5. The summed E-state index contributed by atoms with van der Waals surface area (Å²) in [6.45, 7) is 1.16. The van der Waals surface area contributed by atoms with Crippen LogP contribution in [-0.4, -0.2) is 58.7 Å². The van der Waals surface area contributed by atoms with E-state index in [-0.39, 0.29) is 16.9 Å². The molecule has 1 saturated carbocycles. The highest BCUT2D eigenvalue weighted by Gasteiger charge is 2.29. The molecule has 1 unspecified atom stereocenters. The van der Waals surface area contributed by atoms with Crippen molar-refractivity contribution in [1.29, 1.82) is 0 Å². The van der Waals surface area contributed by atoms with E-state index in [1.165, 1.54) is 11.8 Å². The van der Waals surface area contributed by atoms with Gasteiger partial charge in [0.15, 0.2) is 5.65 Å². The second-order valence-electron chi connectivity index (χ2n) is 8.30. The van der Waals surface area contributed by atoms with Crippen LogP contribution in [0.3, 0.4) is 0 Å². The molecule has 0 radical (unpaired) electrons. The lowest BCUT2D eigenvalue weighted by atomic mass is 10.2. The lowest BCUT2D eigenvalue weighted by Crippen LogP contribution is -2.25. The van der Waals surface area contributed by atoms with E-state index in [1.807, 2.05) is 12.1 Å². The van der Waals surface area contributed by atoms with Crippen LogP contribution in [0, 0.1) is 0 Å². The van der Waals surface area contributed by atoms with Gasteiger partial charge in [0.25, 0.3) is 11.8 Å². The number of carbonyl (C=O) groups is 3. The molecule has 34 heavy (non-hydrogen) atoms. The molecular weight excluding hydrogens is 458 g/mol. The number of hydrogen-bond acceptors (Lipinski definition) is 8. The molecule has 4 N–H and O–H groups in total. The van der Waals surface area contributed by atoms with Crippen LogP contribution in [0.2, 0.25) is 0 Å². The Bertz CT molecular complexity index is 1220. The molecule has 5 rings (SSSR count). The normalized spacial score (nSPS) is 21.0. The van der Waals surface area contributed by atoms with Crippen LogP contribution in [0.25, 0.3) is 11.7 Å². The first kappa shape index (κ1) is 22.4. The van der Waals surface area contributed by atoms with Crippen molar-refractivity contribution in [2.75, 3.05) is 25.6 Å². The number of rotatable bonds is 9. The third-order valence-electron chi connectivity index (χ3n) is 5.62. The van der Waals surface area contributed by atoms with Crippen molar-refractivity contribution in [3.05, 3.63) is 40.2 Å². The Labute approximate surface area is 199 Å². The first-order chi connectivity index (χ1) is 16.5. The Morgan fingerprint density at radius 3 is 2.94 bits per heavy atom. The van der Waals surface area contributed by atoms with Crippen molar-refractivity contribution >= 4 is 47.1 Å². The molecule has 2 aromatic rings. The second-order valence-corrected chi connectivity index (χ2v) is 9.54. The number of nitrogens with one attached hydrogen (secondary N) is 4. The lowest BCUT2D eigenvalue weighted by molar-refractivity contribution is -0.117. The van der Waals surface area contributed by atoms with Gasteiger partial charge in [-0.3, -0.25) is 14.9 Å². The van der Waals surface area contributed by atoms with Gasteiger partial charge in [-0.2, -0.15) is 9.61 Å². The van der Waals surface area contributed by atoms with E-state index in [4.69, 9.17) is 9.72 Å². The molecule has 1 aliphatic carbocycles. The van der Waals surface area contributed by atoms with E-state index in [0.29, 0.717) is 41.7 Å². The fourth-order valence-electron chi connectivity index (χ4n) is 3.74. The minimum Gasteiger partial charge on any atom is -0.385 e. The molecule has 11 nitrogen and oxygen atoms in total. The third-order valence-corrected chi connectivity index (χ3v) is 6.94. The maximum Gasteiger partial charge on any atom is 0.326 e. The van der Waals surface area contributed by atoms with E-state index in [2.05, 4.69) is 26.4 Å². The van der Waals surface area contributed by atoms with Gasteiger partial charge < -0.3 is 20.7 Å². The van der Waals surface area contributed by atoms with Crippen LogP contribution in [0.5, 0.6) is 0 Å². The number of hydrogen-bond donors (Lipinski definition) is 4. The largest absolute Gasteiger partial charge is 0.385 e. The highest BCUT2D eigenvalue weighted by atomic mass is 32.2. The van der Waals surface area contributed by atoms with Crippen LogP contribution in [0.1, 0.15) is 42.2 Å². The number of ether oxygens (including phenoxy) is 1. The SMILES string of the molecule is COCCCNC(=O)C1=CCC(c2cc(NC3CC3)n3ncc(/C=C4\NC(=O)NC4=O)c3n2)S1. The summed E-state index contributed by atoms with van der Waals surface area (Å²) < 4.78 is 6.73. The third kappa shape index (κ3) is 4.77. The van der Waals surface area contributed by atoms with Gasteiger partial charge in [-0.05, 0) is 31.8 Å². The van der Waals surface area contributed by atoms with Crippen LogP contribution < -0.4 is 21.3 Å². The molecule has 12 heteroatoms. The Morgan fingerprint density at radius 1 is 1.35 bits per heavy atom. The summed E-state index contributed by atoms with van der Waals surface area (Å²) in [5.74, 6) is 0.234. The van der Waals surface area contributed by atoms with Crippen LogP contribution in [-0.2, 0) is 14.3 Å². The predicted octanol–water partition coefficient (Wildman–Crippen LogP) is 1.70. The molecule has 0 bridgehead atoms. The number of carbonyl (C=O) groups excluding carboxylic acids is 3. The van der Waals surface area contributed by atoms with Gasteiger partial charge in [0.05, 0.1) is 22.0 Å². The molecule has 1 atom stereocenters. The van der Waals surface area contributed by atoms with Gasteiger partial charge >= 0.3 is 6.03 Å². The maximum absolute atomic E-state index is 12.5. The number of allylic oxidation sites excluding steroid dienone is 1. The molecule has 4 heterocycles. The number of imide groups is 1. The van der Waals surface area contributed by atoms with E-state index >= 15 is 0 Å². The van der Waals surface area contributed by atoms with Crippen molar-refractivity contribution in [3.8, 4) is 0 Å². The van der Waals surface area contributed by atoms with Crippen LogP contribution in [0.4, 0.5) is 10.6 Å². The Kier molecular flexibility index (Phi) is 6.24. The average molecular weight is 484 g/mol. The Balaban J connectivity index is 1.39. The fraction of sp³-hybridized carbons (Fsp3) is 0.409. The first-order valence-electron chi connectivity index (χ1n) is 11.1. The molecule has 3 aliphatic rings. The van der Waals surface area contributed by atoms with E-state index < -0.39 is 11.9 Å². The number of fused-ring (bicyclic) bond motifs is 1. The van der Waals surface area contributed by atoms with E-state index in [9.17, 15) is 14.4 Å². The number of anilines is 1.